The minimum Gasteiger partial charge on any atom is -0.371 e. The summed E-state index contributed by atoms with van der Waals surface area (Å²) in [4.78, 5) is 29.7. The molecule has 3 rings (SSSR count). The van der Waals surface area contributed by atoms with Crippen molar-refractivity contribution in [1.82, 2.24) is 15.5 Å². The number of piperazine rings is 1. The highest BCUT2D eigenvalue weighted by Crippen LogP contribution is 2.22. The van der Waals surface area contributed by atoms with Gasteiger partial charge in [0.05, 0.1) is 12.5 Å². The maximum Gasteiger partial charge on any atom is 0.237 e. The normalized spacial score (nSPS) is 21.7. The summed E-state index contributed by atoms with van der Waals surface area (Å²) in [5.41, 5.74) is 2.62. The van der Waals surface area contributed by atoms with Gasteiger partial charge in [0.25, 0.3) is 0 Å². The molecule has 6 nitrogen and oxygen atoms in total. The van der Waals surface area contributed by atoms with Crippen molar-refractivity contribution in [2.45, 2.75) is 59.0 Å². The maximum absolute atomic E-state index is 12.7. The number of amides is 2. The number of hydrogen-bond donors (Lipinski definition) is 2. The smallest absolute Gasteiger partial charge is 0.237 e. The molecule has 2 heterocycles. The molecule has 2 aliphatic rings. The monoisotopic (exact) mass is 400 g/mol. The van der Waals surface area contributed by atoms with E-state index in [4.69, 9.17) is 0 Å². The van der Waals surface area contributed by atoms with Crippen LogP contribution < -0.4 is 15.5 Å². The summed E-state index contributed by atoms with van der Waals surface area (Å²) in [6, 6.07) is 8.39. The van der Waals surface area contributed by atoms with E-state index in [0.717, 1.165) is 39.0 Å². The van der Waals surface area contributed by atoms with Gasteiger partial charge in [0, 0.05) is 44.5 Å². The third-order valence-electron chi connectivity index (χ3n) is 5.72. The number of carbonyl (C=O) groups excluding carboxylic acids is 2. The van der Waals surface area contributed by atoms with E-state index in [9.17, 15) is 9.59 Å². The van der Waals surface area contributed by atoms with Crippen LogP contribution in [-0.2, 0) is 9.59 Å². The van der Waals surface area contributed by atoms with E-state index in [1.165, 1.54) is 11.3 Å². The first-order valence-corrected chi connectivity index (χ1v) is 10.8. The lowest BCUT2D eigenvalue weighted by atomic mass is 9.94. The molecule has 1 atom stereocenters. The molecule has 160 valence electrons. The Kier molecular flexibility index (Phi) is 6.83. The van der Waals surface area contributed by atoms with Crippen molar-refractivity contribution in [2.24, 2.45) is 5.41 Å². The van der Waals surface area contributed by atoms with Crippen LogP contribution in [0.4, 0.5) is 5.69 Å². The van der Waals surface area contributed by atoms with Gasteiger partial charge in [0.2, 0.25) is 11.8 Å². The average molecular weight is 401 g/mol. The van der Waals surface area contributed by atoms with Gasteiger partial charge >= 0.3 is 0 Å². The molecule has 1 aromatic rings. The first-order chi connectivity index (χ1) is 13.7. The predicted octanol–water partition coefficient (Wildman–Crippen LogP) is 2.32. The van der Waals surface area contributed by atoms with Crippen LogP contribution in [0.15, 0.2) is 24.3 Å². The predicted molar refractivity (Wildman–Crippen MR) is 117 cm³/mol. The van der Waals surface area contributed by atoms with Crippen LogP contribution in [-0.4, -0.2) is 61.5 Å². The molecule has 0 radical (unpaired) electrons. The minimum absolute atomic E-state index is 0.0139. The molecule has 1 aromatic carbocycles. The van der Waals surface area contributed by atoms with Crippen LogP contribution in [0.1, 0.15) is 45.6 Å². The molecule has 29 heavy (non-hydrogen) atoms. The van der Waals surface area contributed by atoms with Crippen LogP contribution in [0.2, 0.25) is 0 Å². The summed E-state index contributed by atoms with van der Waals surface area (Å²) >= 11 is 0. The molecule has 6 heteroatoms. The van der Waals surface area contributed by atoms with E-state index in [1.54, 1.807) is 0 Å². The number of carbonyl (C=O) groups is 2. The fourth-order valence-electron chi connectivity index (χ4n) is 4.35. The fourth-order valence-corrected chi connectivity index (χ4v) is 4.35. The highest BCUT2D eigenvalue weighted by atomic mass is 16.2. The van der Waals surface area contributed by atoms with Crippen LogP contribution in [0.25, 0.3) is 0 Å². The number of aryl methyl sites for hydroxylation is 1. The lowest BCUT2D eigenvalue weighted by Crippen LogP contribution is -2.58. The molecule has 2 aliphatic heterocycles. The van der Waals surface area contributed by atoms with Gasteiger partial charge in [0.1, 0.15) is 0 Å². The first kappa shape index (κ1) is 21.6. The van der Waals surface area contributed by atoms with E-state index in [-0.39, 0.29) is 35.7 Å². The third-order valence-corrected chi connectivity index (χ3v) is 5.72. The molecule has 1 unspecified atom stereocenters. The topological polar surface area (TPSA) is 64.7 Å². The Morgan fingerprint density at radius 1 is 1.21 bits per heavy atom. The first-order valence-electron chi connectivity index (χ1n) is 10.8. The van der Waals surface area contributed by atoms with Gasteiger partial charge in [-0.15, -0.1) is 0 Å². The molecule has 0 spiro atoms. The zero-order chi connectivity index (χ0) is 21.0. The second-order valence-corrected chi connectivity index (χ2v) is 9.71. The van der Waals surface area contributed by atoms with E-state index in [1.807, 2.05) is 0 Å². The molecule has 0 bridgehead atoms. The van der Waals surface area contributed by atoms with E-state index in [2.05, 4.69) is 72.4 Å². The lowest BCUT2D eigenvalue weighted by Gasteiger charge is -2.39. The highest BCUT2D eigenvalue weighted by Gasteiger charge is 2.34. The Labute approximate surface area is 175 Å². The van der Waals surface area contributed by atoms with Gasteiger partial charge in [-0.05, 0) is 42.9 Å². The van der Waals surface area contributed by atoms with Crippen LogP contribution in [0, 0.1) is 12.3 Å². The fraction of sp³-hybridized carbons (Fsp3) is 0.652. The van der Waals surface area contributed by atoms with Gasteiger partial charge in [-0.3, -0.25) is 14.5 Å². The number of benzene rings is 1. The van der Waals surface area contributed by atoms with Crippen molar-refractivity contribution in [2.75, 3.05) is 37.6 Å². The number of hydrogen-bond acceptors (Lipinski definition) is 4. The van der Waals surface area contributed by atoms with Gasteiger partial charge in [0.15, 0.2) is 0 Å². The zero-order valence-corrected chi connectivity index (χ0v) is 18.3. The molecule has 0 aromatic heterocycles. The van der Waals surface area contributed by atoms with Crippen molar-refractivity contribution < 1.29 is 9.59 Å². The molecule has 2 fully saturated rings. The van der Waals surface area contributed by atoms with Gasteiger partial charge in [-0.25, -0.2) is 0 Å². The summed E-state index contributed by atoms with van der Waals surface area (Å²) in [6.45, 7) is 12.8. The number of nitrogens with zero attached hydrogens (tertiary/aromatic N) is 2. The number of piperidine rings is 1. The summed E-state index contributed by atoms with van der Waals surface area (Å²) in [7, 11) is 0. The molecule has 0 saturated carbocycles. The average Bonchev–Trinajstić information content (AvgIpc) is 2.64. The second kappa shape index (κ2) is 9.16. The van der Waals surface area contributed by atoms with Crippen LogP contribution >= 0.6 is 0 Å². The standard InChI is InChI=1S/C23H36N4O2/c1-17-6-5-7-19(14-17)26-11-8-18(9-12-26)25-21(28)15-20-22(29)24-10-13-27(20)16-23(2,3)4/h5-7,14,18,20H,8-13,15-16H2,1-4H3,(H,24,29)(H,25,28). The Morgan fingerprint density at radius 2 is 1.93 bits per heavy atom. The van der Waals surface area contributed by atoms with Crippen LogP contribution in [0.5, 0.6) is 0 Å². The molecule has 2 amide bonds. The molecular weight excluding hydrogens is 364 g/mol. The number of nitrogens with one attached hydrogen (secondary N) is 2. The number of rotatable bonds is 5. The van der Waals surface area contributed by atoms with Crippen molar-refractivity contribution in [3.8, 4) is 0 Å². The Morgan fingerprint density at radius 3 is 2.59 bits per heavy atom. The molecule has 0 aliphatic carbocycles. The summed E-state index contributed by atoms with van der Waals surface area (Å²) in [6.07, 6.45) is 2.10. The lowest BCUT2D eigenvalue weighted by molar-refractivity contribution is -0.134. The minimum atomic E-state index is -0.365. The quantitative estimate of drug-likeness (QED) is 0.796. The van der Waals surface area contributed by atoms with Crippen molar-refractivity contribution in [1.29, 1.82) is 0 Å². The Bertz CT molecular complexity index is 720. The number of anilines is 1. The summed E-state index contributed by atoms with van der Waals surface area (Å²) in [5.74, 6) is -0.0371. The van der Waals surface area contributed by atoms with Crippen LogP contribution in [0.3, 0.4) is 0 Å². The zero-order valence-electron chi connectivity index (χ0n) is 18.3. The molecule has 2 saturated heterocycles. The van der Waals surface area contributed by atoms with Crippen molar-refractivity contribution >= 4 is 17.5 Å². The third kappa shape index (κ3) is 6.20. The SMILES string of the molecule is Cc1cccc(N2CCC(NC(=O)CC3C(=O)NCCN3CC(C)(C)C)CC2)c1. The van der Waals surface area contributed by atoms with E-state index < -0.39 is 0 Å². The van der Waals surface area contributed by atoms with Gasteiger partial charge in [-0.2, -0.15) is 0 Å². The van der Waals surface area contributed by atoms with Gasteiger partial charge in [-0.1, -0.05) is 32.9 Å². The second-order valence-electron chi connectivity index (χ2n) is 9.71. The Hall–Kier alpha value is -2.08. The van der Waals surface area contributed by atoms with E-state index in [0.29, 0.717) is 6.54 Å². The van der Waals surface area contributed by atoms with Gasteiger partial charge < -0.3 is 15.5 Å². The summed E-state index contributed by atoms with van der Waals surface area (Å²) in [5, 5.41) is 6.10. The van der Waals surface area contributed by atoms with Crippen molar-refractivity contribution in [3.05, 3.63) is 29.8 Å². The summed E-state index contributed by atoms with van der Waals surface area (Å²) < 4.78 is 0. The Balaban J connectivity index is 1.50. The largest absolute Gasteiger partial charge is 0.371 e. The van der Waals surface area contributed by atoms with E-state index >= 15 is 0 Å². The van der Waals surface area contributed by atoms with Crippen molar-refractivity contribution in [3.63, 3.8) is 0 Å². The maximum atomic E-state index is 12.7. The highest BCUT2D eigenvalue weighted by molar-refractivity contribution is 5.89. The molecular formula is C23H36N4O2. The molecule has 2 N–H and O–H groups in total.